The van der Waals surface area contributed by atoms with Crippen LogP contribution < -0.4 is 10.1 Å². The SMILES string of the molecule is CCC(NC(=O)c1cc2cc(Br)ccc2o1)c1ccccc1OCC(=O)N(C)C. The average molecular weight is 459 g/mol. The number of furan rings is 1. The van der Waals surface area contributed by atoms with E-state index in [1.165, 1.54) is 4.90 Å². The highest BCUT2D eigenvalue weighted by atomic mass is 79.9. The minimum absolute atomic E-state index is 0.0627. The van der Waals surface area contributed by atoms with Gasteiger partial charge in [-0.05, 0) is 36.8 Å². The number of likely N-dealkylation sites (N-methyl/N-ethyl adjacent to an activating group) is 1. The summed E-state index contributed by atoms with van der Waals surface area (Å²) in [6, 6.07) is 14.4. The molecule has 0 aliphatic heterocycles. The molecule has 0 aliphatic carbocycles. The minimum atomic E-state index is -0.302. The Morgan fingerprint density at radius 2 is 1.93 bits per heavy atom. The molecule has 2 aromatic carbocycles. The Balaban J connectivity index is 1.78. The van der Waals surface area contributed by atoms with Crippen LogP contribution in [0.25, 0.3) is 11.0 Å². The van der Waals surface area contributed by atoms with E-state index in [4.69, 9.17) is 9.15 Å². The third-order valence-corrected chi connectivity index (χ3v) is 5.05. The van der Waals surface area contributed by atoms with Gasteiger partial charge in [-0.15, -0.1) is 0 Å². The van der Waals surface area contributed by atoms with Gasteiger partial charge >= 0.3 is 0 Å². The molecule has 1 N–H and O–H groups in total. The Bertz CT molecular complexity index is 1030. The number of carbonyl (C=O) groups is 2. The molecule has 0 saturated carbocycles. The van der Waals surface area contributed by atoms with Crippen molar-refractivity contribution >= 4 is 38.7 Å². The van der Waals surface area contributed by atoms with E-state index in [2.05, 4.69) is 21.2 Å². The number of nitrogens with zero attached hydrogens (tertiary/aromatic N) is 1. The number of para-hydroxylation sites is 1. The van der Waals surface area contributed by atoms with Gasteiger partial charge in [-0.1, -0.05) is 41.1 Å². The van der Waals surface area contributed by atoms with Crippen LogP contribution in [0.15, 0.2) is 57.4 Å². The Hall–Kier alpha value is -2.80. The third kappa shape index (κ3) is 4.98. The lowest BCUT2D eigenvalue weighted by atomic mass is 10.0. The standard InChI is InChI=1S/C22H23BrN2O4/c1-4-17(16-7-5-6-8-19(16)28-13-21(26)25(2)3)24-22(27)20-12-14-11-15(23)9-10-18(14)29-20/h5-12,17H,4,13H2,1-3H3,(H,24,27). The van der Waals surface area contributed by atoms with Crippen LogP contribution in [0.4, 0.5) is 0 Å². The highest BCUT2D eigenvalue weighted by Gasteiger charge is 2.20. The van der Waals surface area contributed by atoms with E-state index in [9.17, 15) is 9.59 Å². The predicted molar refractivity (Wildman–Crippen MR) is 115 cm³/mol. The van der Waals surface area contributed by atoms with Gasteiger partial charge in [0.1, 0.15) is 11.3 Å². The lowest BCUT2D eigenvalue weighted by Gasteiger charge is -2.20. The first-order valence-electron chi connectivity index (χ1n) is 9.31. The number of halogens is 1. The van der Waals surface area contributed by atoms with Crippen LogP contribution in [0.1, 0.15) is 35.5 Å². The maximum Gasteiger partial charge on any atom is 0.287 e. The van der Waals surface area contributed by atoms with Gasteiger partial charge < -0.3 is 19.4 Å². The fraction of sp³-hybridized carbons (Fsp3) is 0.273. The van der Waals surface area contributed by atoms with Gasteiger partial charge in [0.2, 0.25) is 0 Å². The molecule has 29 heavy (non-hydrogen) atoms. The molecule has 0 radical (unpaired) electrons. The molecule has 0 saturated heterocycles. The summed E-state index contributed by atoms with van der Waals surface area (Å²) in [4.78, 5) is 26.1. The van der Waals surface area contributed by atoms with Crippen molar-refractivity contribution in [3.8, 4) is 5.75 Å². The van der Waals surface area contributed by atoms with Crippen LogP contribution >= 0.6 is 15.9 Å². The number of nitrogens with one attached hydrogen (secondary N) is 1. The zero-order valence-corrected chi connectivity index (χ0v) is 18.2. The molecule has 6 nitrogen and oxygen atoms in total. The van der Waals surface area contributed by atoms with E-state index < -0.39 is 0 Å². The summed E-state index contributed by atoms with van der Waals surface area (Å²) in [5.41, 5.74) is 1.46. The van der Waals surface area contributed by atoms with E-state index in [0.29, 0.717) is 17.8 Å². The zero-order chi connectivity index (χ0) is 21.0. The van der Waals surface area contributed by atoms with E-state index in [-0.39, 0.29) is 30.2 Å². The van der Waals surface area contributed by atoms with Crippen molar-refractivity contribution in [3.05, 3.63) is 64.3 Å². The van der Waals surface area contributed by atoms with Crippen molar-refractivity contribution in [1.82, 2.24) is 10.2 Å². The van der Waals surface area contributed by atoms with Gasteiger partial charge in [-0.3, -0.25) is 9.59 Å². The summed E-state index contributed by atoms with van der Waals surface area (Å²) in [5.74, 6) is 0.384. The van der Waals surface area contributed by atoms with Crippen molar-refractivity contribution in [2.75, 3.05) is 20.7 Å². The Morgan fingerprint density at radius 3 is 2.66 bits per heavy atom. The quantitative estimate of drug-likeness (QED) is 0.563. The molecule has 0 fully saturated rings. The number of carbonyl (C=O) groups excluding carboxylic acids is 2. The smallest absolute Gasteiger partial charge is 0.287 e. The molecule has 1 heterocycles. The molecule has 0 bridgehead atoms. The molecule has 1 aromatic heterocycles. The van der Waals surface area contributed by atoms with Crippen molar-refractivity contribution in [2.24, 2.45) is 0 Å². The van der Waals surface area contributed by atoms with Crippen molar-refractivity contribution in [3.63, 3.8) is 0 Å². The minimum Gasteiger partial charge on any atom is -0.483 e. The van der Waals surface area contributed by atoms with Crippen molar-refractivity contribution in [2.45, 2.75) is 19.4 Å². The van der Waals surface area contributed by atoms with Gasteiger partial charge in [0, 0.05) is 29.5 Å². The Labute approximate surface area is 177 Å². The number of benzene rings is 2. The number of ether oxygens (including phenoxy) is 1. The fourth-order valence-electron chi connectivity index (χ4n) is 2.92. The zero-order valence-electron chi connectivity index (χ0n) is 16.6. The second-order valence-corrected chi connectivity index (χ2v) is 7.76. The number of rotatable bonds is 7. The number of amides is 2. The maximum absolute atomic E-state index is 12.8. The first kappa shape index (κ1) is 20.9. The Kier molecular flexibility index (Phi) is 6.59. The van der Waals surface area contributed by atoms with E-state index in [0.717, 1.165) is 15.4 Å². The molecule has 152 valence electrons. The summed E-state index contributed by atoms with van der Waals surface area (Å²) in [7, 11) is 3.36. The van der Waals surface area contributed by atoms with Gasteiger partial charge in [0.05, 0.1) is 6.04 Å². The second-order valence-electron chi connectivity index (χ2n) is 6.84. The van der Waals surface area contributed by atoms with Crippen LogP contribution in [0.5, 0.6) is 5.75 Å². The highest BCUT2D eigenvalue weighted by Crippen LogP contribution is 2.28. The number of fused-ring (bicyclic) bond motifs is 1. The maximum atomic E-state index is 12.8. The largest absolute Gasteiger partial charge is 0.483 e. The molecule has 0 spiro atoms. The fourth-order valence-corrected chi connectivity index (χ4v) is 3.30. The van der Waals surface area contributed by atoms with Crippen LogP contribution in [0, 0.1) is 0 Å². The summed E-state index contributed by atoms with van der Waals surface area (Å²) in [6.45, 7) is 1.91. The van der Waals surface area contributed by atoms with Gasteiger partial charge in [0.15, 0.2) is 12.4 Å². The summed E-state index contributed by atoms with van der Waals surface area (Å²) in [5, 5.41) is 3.86. The summed E-state index contributed by atoms with van der Waals surface area (Å²) >= 11 is 3.42. The molecular weight excluding hydrogens is 436 g/mol. The molecule has 1 atom stereocenters. The average Bonchev–Trinajstić information content (AvgIpc) is 3.13. The third-order valence-electron chi connectivity index (χ3n) is 4.56. The normalized spacial score (nSPS) is 11.9. The van der Waals surface area contributed by atoms with Crippen molar-refractivity contribution < 1.29 is 18.7 Å². The van der Waals surface area contributed by atoms with Crippen molar-refractivity contribution in [1.29, 1.82) is 0 Å². The monoisotopic (exact) mass is 458 g/mol. The first-order chi connectivity index (χ1) is 13.9. The molecular formula is C22H23BrN2O4. The molecule has 3 aromatic rings. The second kappa shape index (κ2) is 9.13. The van der Waals surface area contributed by atoms with Crippen LogP contribution in [-0.2, 0) is 4.79 Å². The van der Waals surface area contributed by atoms with Gasteiger partial charge in [0.25, 0.3) is 11.8 Å². The summed E-state index contributed by atoms with van der Waals surface area (Å²) < 4.78 is 12.3. The van der Waals surface area contributed by atoms with Crippen LogP contribution in [0.3, 0.4) is 0 Å². The molecule has 2 amide bonds. The summed E-state index contributed by atoms with van der Waals surface area (Å²) in [6.07, 6.45) is 0.652. The first-order valence-corrected chi connectivity index (χ1v) is 10.1. The molecule has 0 aliphatic rings. The number of hydrogen-bond acceptors (Lipinski definition) is 4. The molecule has 7 heteroatoms. The molecule has 3 rings (SSSR count). The van der Waals surface area contributed by atoms with E-state index in [1.807, 2.05) is 43.3 Å². The van der Waals surface area contributed by atoms with Crippen LogP contribution in [-0.4, -0.2) is 37.4 Å². The van der Waals surface area contributed by atoms with Crippen LogP contribution in [0.2, 0.25) is 0 Å². The lowest BCUT2D eigenvalue weighted by Crippen LogP contribution is -2.30. The molecule has 1 unspecified atom stereocenters. The van der Waals surface area contributed by atoms with E-state index >= 15 is 0 Å². The Morgan fingerprint density at radius 1 is 1.17 bits per heavy atom. The topological polar surface area (TPSA) is 71.8 Å². The van der Waals surface area contributed by atoms with Gasteiger partial charge in [-0.25, -0.2) is 0 Å². The number of hydrogen-bond donors (Lipinski definition) is 1. The highest BCUT2D eigenvalue weighted by molar-refractivity contribution is 9.10. The lowest BCUT2D eigenvalue weighted by molar-refractivity contribution is -0.130. The predicted octanol–water partition coefficient (Wildman–Crippen LogP) is 4.54. The van der Waals surface area contributed by atoms with Gasteiger partial charge in [-0.2, -0.15) is 0 Å². The van der Waals surface area contributed by atoms with E-state index in [1.54, 1.807) is 26.2 Å².